The second kappa shape index (κ2) is 7.15. The number of hydrogen-bond donors (Lipinski definition) is 0. The van der Waals surface area contributed by atoms with Crippen molar-refractivity contribution in [2.45, 2.75) is 39.0 Å². The van der Waals surface area contributed by atoms with Crippen LogP contribution in [0.3, 0.4) is 0 Å². The summed E-state index contributed by atoms with van der Waals surface area (Å²) in [7, 11) is 0. The molecule has 2 saturated heterocycles. The van der Waals surface area contributed by atoms with Crippen LogP contribution in [0.25, 0.3) is 11.1 Å². The second-order valence-corrected chi connectivity index (χ2v) is 8.33. The van der Waals surface area contributed by atoms with Gasteiger partial charge in [0.2, 0.25) is 0 Å². The molecule has 2 unspecified atom stereocenters. The van der Waals surface area contributed by atoms with Gasteiger partial charge in [-0.15, -0.1) is 0 Å². The van der Waals surface area contributed by atoms with Gasteiger partial charge in [-0.05, 0) is 37.6 Å². The molecule has 3 aliphatic rings. The molecule has 2 heterocycles. The Bertz CT molecular complexity index is 948. The molecule has 29 heavy (non-hydrogen) atoms. The Balaban J connectivity index is 1.44. The zero-order valence-corrected chi connectivity index (χ0v) is 17.1. The molecule has 5 nitrogen and oxygen atoms in total. The van der Waals surface area contributed by atoms with Crippen molar-refractivity contribution in [1.82, 2.24) is 0 Å². The first kappa shape index (κ1) is 18.6. The van der Waals surface area contributed by atoms with Gasteiger partial charge >= 0.3 is 0 Å². The molecule has 2 fully saturated rings. The number of nitrogens with zero attached hydrogens (tertiary/aromatic N) is 1. The van der Waals surface area contributed by atoms with E-state index in [1.165, 1.54) is 0 Å². The summed E-state index contributed by atoms with van der Waals surface area (Å²) in [4.78, 5) is 12.9. The predicted molar refractivity (Wildman–Crippen MR) is 110 cm³/mol. The minimum Gasteiger partial charge on any atom is -0.493 e. The highest BCUT2D eigenvalue weighted by atomic mass is 16.5. The Labute approximate surface area is 171 Å². The average Bonchev–Trinajstić information content (AvgIpc) is 3.13. The summed E-state index contributed by atoms with van der Waals surface area (Å²) in [6, 6.07) is 12.1. The molecule has 1 spiro atoms. The maximum Gasteiger partial charge on any atom is 0.286 e. The molecule has 152 valence electrons. The number of morpholine rings is 1. The zero-order chi connectivity index (χ0) is 20.0. The average molecular weight is 394 g/mol. The van der Waals surface area contributed by atoms with Gasteiger partial charge in [-0.1, -0.05) is 25.5 Å². The van der Waals surface area contributed by atoms with Crippen molar-refractivity contribution in [3.05, 3.63) is 47.5 Å². The van der Waals surface area contributed by atoms with E-state index in [2.05, 4.69) is 13.8 Å². The molecule has 0 radical (unpaired) electrons. The first-order chi connectivity index (χ1) is 14.2. The van der Waals surface area contributed by atoms with E-state index in [4.69, 9.17) is 14.2 Å². The number of benzene rings is 2. The monoisotopic (exact) mass is 394 g/mol. The highest BCUT2D eigenvalue weighted by Crippen LogP contribution is 2.46. The van der Waals surface area contributed by atoms with Crippen molar-refractivity contribution < 1.29 is 23.5 Å². The fourth-order valence-electron chi connectivity index (χ4n) is 4.85. The summed E-state index contributed by atoms with van der Waals surface area (Å²) in [5.74, 6) is 1.68. The van der Waals surface area contributed by atoms with Crippen LogP contribution in [-0.2, 0) is 4.74 Å². The van der Waals surface area contributed by atoms with Gasteiger partial charge in [0, 0.05) is 22.3 Å². The van der Waals surface area contributed by atoms with E-state index in [-0.39, 0.29) is 12.0 Å². The van der Waals surface area contributed by atoms with Gasteiger partial charge in [0.15, 0.2) is 11.8 Å². The van der Waals surface area contributed by atoms with Gasteiger partial charge in [-0.2, -0.15) is 0 Å². The highest BCUT2D eigenvalue weighted by Gasteiger charge is 2.66. The van der Waals surface area contributed by atoms with E-state index in [0.29, 0.717) is 12.6 Å². The lowest BCUT2D eigenvalue weighted by atomic mass is 10.0. The van der Waals surface area contributed by atoms with E-state index >= 15 is 0 Å². The molecule has 2 aromatic carbocycles. The van der Waals surface area contributed by atoms with Gasteiger partial charge in [-0.3, -0.25) is 9.28 Å². The number of fused-ring (bicyclic) bond motifs is 3. The first-order valence-corrected chi connectivity index (χ1v) is 10.7. The maximum atomic E-state index is 12.9. The lowest BCUT2D eigenvalue weighted by molar-refractivity contribution is -0.845. The Morgan fingerprint density at radius 3 is 2.72 bits per heavy atom. The predicted octanol–water partition coefficient (Wildman–Crippen LogP) is 4.03. The van der Waals surface area contributed by atoms with Gasteiger partial charge < -0.3 is 14.2 Å². The molecule has 0 aromatic heterocycles. The molecule has 2 aliphatic heterocycles. The van der Waals surface area contributed by atoms with Crippen molar-refractivity contribution >= 4 is 5.78 Å². The summed E-state index contributed by atoms with van der Waals surface area (Å²) >= 11 is 0. The Morgan fingerprint density at radius 2 is 1.93 bits per heavy atom. The molecule has 0 bridgehead atoms. The third-order valence-electron chi connectivity index (χ3n) is 6.73. The number of quaternary nitrogens is 1. The molecular weight excluding hydrogens is 366 g/mol. The smallest absolute Gasteiger partial charge is 0.286 e. The summed E-state index contributed by atoms with van der Waals surface area (Å²) in [6.07, 6.45) is 2.24. The summed E-state index contributed by atoms with van der Waals surface area (Å²) in [6.45, 7) is 8.67. The van der Waals surface area contributed by atoms with Crippen LogP contribution in [0.5, 0.6) is 11.5 Å². The van der Waals surface area contributed by atoms with Crippen LogP contribution in [-0.4, -0.2) is 55.4 Å². The Hall–Kier alpha value is -2.37. The number of ether oxygens (including phenoxy) is 3. The molecule has 0 N–H and O–H groups in total. The third-order valence-corrected chi connectivity index (χ3v) is 6.73. The topological polar surface area (TPSA) is 44.8 Å². The SMILES string of the molecule is CCCCOc1cccc2c1-c1cc(OC3C(C)[N+]34CCOCC4)ccc1C2=O. The number of rotatable bonds is 6. The van der Waals surface area contributed by atoms with Crippen LogP contribution >= 0.6 is 0 Å². The number of unbranched alkanes of at least 4 members (excludes halogenated alkanes) is 1. The maximum absolute atomic E-state index is 12.9. The van der Waals surface area contributed by atoms with Gasteiger partial charge in [0.05, 0.1) is 19.8 Å². The number of carbonyl (C=O) groups excluding carboxylic acids is 1. The van der Waals surface area contributed by atoms with E-state index in [9.17, 15) is 4.79 Å². The minimum absolute atomic E-state index is 0.0685. The van der Waals surface area contributed by atoms with Crippen LogP contribution < -0.4 is 9.47 Å². The van der Waals surface area contributed by atoms with Crippen molar-refractivity contribution in [2.75, 3.05) is 32.9 Å². The van der Waals surface area contributed by atoms with Crippen LogP contribution in [0.2, 0.25) is 0 Å². The fraction of sp³-hybridized carbons (Fsp3) is 0.458. The Morgan fingerprint density at radius 1 is 1.10 bits per heavy atom. The molecular formula is C24H28NO4+. The van der Waals surface area contributed by atoms with E-state index in [0.717, 1.165) is 77.4 Å². The normalized spacial score (nSPS) is 23.6. The lowest BCUT2D eigenvalue weighted by Gasteiger charge is -2.25. The number of hydrogen-bond acceptors (Lipinski definition) is 4. The summed E-state index contributed by atoms with van der Waals surface area (Å²) in [5, 5.41) is 0. The molecule has 5 rings (SSSR count). The quantitative estimate of drug-likeness (QED) is 0.360. The molecule has 1 aliphatic carbocycles. The first-order valence-electron chi connectivity index (χ1n) is 10.7. The van der Waals surface area contributed by atoms with Gasteiger partial charge in [-0.25, -0.2) is 0 Å². The zero-order valence-electron chi connectivity index (χ0n) is 17.1. The van der Waals surface area contributed by atoms with E-state index in [1.54, 1.807) is 0 Å². The fourth-order valence-corrected chi connectivity index (χ4v) is 4.85. The second-order valence-electron chi connectivity index (χ2n) is 8.33. The van der Waals surface area contributed by atoms with E-state index in [1.807, 2.05) is 36.4 Å². The largest absolute Gasteiger partial charge is 0.493 e. The number of carbonyl (C=O) groups is 1. The Kier molecular flexibility index (Phi) is 4.60. The summed E-state index contributed by atoms with van der Waals surface area (Å²) < 4.78 is 19.0. The molecule has 5 heteroatoms. The third kappa shape index (κ3) is 2.95. The van der Waals surface area contributed by atoms with Crippen LogP contribution in [0.4, 0.5) is 0 Å². The summed E-state index contributed by atoms with van der Waals surface area (Å²) in [5.41, 5.74) is 3.30. The van der Waals surface area contributed by atoms with Gasteiger partial charge in [0.1, 0.15) is 24.6 Å². The molecule has 2 aromatic rings. The van der Waals surface area contributed by atoms with E-state index < -0.39 is 0 Å². The van der Waals surface area contributed by atoms with Crippen molar-refractivity contribution in [3.63, 3.8) is 0 Å². The van der Waals surface area contributed by atoms with Gasteiger partial charge in [0.25, 0.3) is 6.23 Å². The van der Waals surface area contributed by atoms with Crippen LogP contribution in [0.1, 0.15) is 42.6 Å². The van der Waals surface area contributed by atoms with Crippen LogP contribution in [0, 0.1) is 0 Å². The van der Waals surface area contributed by atoms with Crippen molar-refractivity contribution in [1.29, 1.82) is 0 Å². The highest BCUT2D eigenvalue weighted by molar-refractivity contribution is 6.22. The molecule has 2 atom stereocenters. The standard InChI is InChI=1S/C24H28NO4/c1-3-4-12-28-21-7-5-6-19-22(21)20-15-17(8-9-18(20)23(19)26)29-24-16(2)25(24)10-13-27-14-11-25/h5-9,15-16,24H,3-4,10-14H2,1-2H3/q+1. The molecule has 0 amide bonds. The van der Waals surface area contributed by atoms with Crippen LogP contribution in [0.15, 0.2) is 36.4 Å². The lowest BCUT2D eigenvalue weighted by Crippen LogP contribution is -2.42. The number of ketones is 1. The van der Waals surface area contributed by atoms with Crippen molar-refractivity contribution in [3.8, 4) is 22.6 Å². The molecule has 0 saturated carbocycles. The van der Waals surface area contributed by atoms with Crippen molar-refractivity contribution in [2.24, 2.45) is 0 Å². The minimum atomic E-state index is 0.0685.